The molecule has 0 spiro atoms. The Morgan fingerprint density at radius 1 is 0.326 bits per heavy atom. The van der Waals surface area contributed by atoms with Crippen molar-refractivity contribution in [3.8, 4) is 22.3 Å². The molecule has 0 saturated heterocycles. The lowest BCUT2D eigenvalue weighted by Crippen LogP contribution is -2.01. The lowest BCUT2D eigenvalue weighted by molar-refractivity contribution is 0.0697. The number of hydrogen-bond donors (Lipinski definition) is 1. The van der Waals surface area contributed by atoms with E-state index in [1.54, 1.807) is 30.3 Å². The van der Waals surface area contributed by atoms with Crippen molar-refractivity contribution in [3.63, 3.8) is 0 Å². The van der Waals surface area contributed by atoms with Crippen molar-refractivity contribution in [2.24, 2.45) is 0 Å². The van der Waals surface area contributed by atoms with Crippen molar-refractivity contribution >= 4 is 25.2 Å². The molecule has 0 aliphatic heterocycles. The smallest absolute Gasteiger partial charge is 0.335 e. The number of carboxylic acids is 1. The third kappa shape index (κ3) is 12.2. The van der Waals surface area contributed by atoms with Crippen LogP contribution < -0.4 is 10.6 Å². The molecule has 7 rings (SSSR count). The molecule has 46 heavy (non-hydrogen) atoms. The highest BCUT2D eigenvalue weighted by molar-refractivity contribution is 7.55. The van der Waals surface area contributed by atoms with Crippen LogP contribution in [0.15, 0.2) is 212 Å². The summed E-state index contributed by atoms with van der Waals surface area (Å²) < 4.78 is 0. The Labute approximate surface area is 274 Å². The minimum absolute atomic E-state index is 0.331. The van der Waals surface area contributed by atoms with Gasteiger partial charge in [-0.3, -0.25) is 0 Å². The van der Waals surface area contributed by atoms with Gasteiger partial charge in [-0.05, 0) is 45.0 Å². The Morgan fingerprint density at radius 3 is 0.761 bits per heavy atom. The van der Waals surface area contributed by atoms with Crippen LogP contribution in [0.5, 0.6) is 0 Å². The van der Waals surface area contributed by atoms with Gasteiger partial charge in [-0.15, -0.1) is 0 Å². The Balaban J connectivity index is 0.000000140. The summed E-state index contributed by atoms with van der Waals surface area (Å²) in [7, 11) is 0.777. The van der Waals surface area contributed by atoms with Crippen molar-refractivity contribution in [1.82, 2.24) is 0 Å². The van der Waals surface area contributed by atoms with Crippen molar-refractivity contribution in [3.05, 3.63) is 218 Å². The molecule has 0 aromatic heterocycles. The van der Waals surface area contributed by atoms with E-state index in [1.165, 1.54) is 32.9 Å². The summed E-state index contributed by atoms with van der Waals surface area (Å²) in [6.45, 7) is 0. The summed E-state index contributed by atoms with van der Waals surface area (Å²) in [6.07, 6.45) is 0. The number of carbonyl (C=O) groups is 1. The number of rotatable bonds is 5. The zero-order chi connectivity index (χ0) is 32.1. The largest absolute Gasteiger partial charge is 0.478 e. The van der Waals surface area contributed by atoms with E-state index in [4.69, 9.17) is 5.11 Å². The molecule has 226 valence electrons. The van der Waals surface area contributed by atoms with Gasteiger partial charge in [-0.25, -0.2) is 4.79 Å². The summed E-state index contributed by atoms with van der Waals surface area (Å²) in [6, 6.07) is 71.0. The maximum atomic E-state index is 10.2. The molecule has 1 N–H and O–H groups in total. The lowest BCUT2D eigenvalue weighted by Gasteiger charge is -2.00. The standard InChI is InChI=1S/C12H11P.2C12H10.C7H6O2/c1-3-7-11(8-4-1)13-12-9-5-2-6-10-12;2*1-3-7-11(8-4-1)12-9-5-2-6-10-12;8-7(9)6-4-2-1-3-5-6/h1-10,13H;2*1-10H;1-5H,(H,8,9). The summed E-state index contributed by atoms with van der Waals surface area (Å²) >= 11 is 0. The fourth-order valence-corrected chi connectivity index (χ4v) is 5.36. The van der Waals surface area contributed by atoms with Crippen LogP contribution in [0.3, 0.4) is 0 Å². The second-order valence-electron chi connectivity index (χ2n) is 9.99. The molecule has 7 aromatic rings. The van der Waals surface area contributed by atoms with E-state index in [2.05, 4.69) is 158 Å². The second kappa shape index (κ2) is 19.7. The fraction of sp³-hybridized carbons (Fsp3) is 0. The van der Waals surface area contributed by atoms with Crippen LogP contribution in [0.1, 0.15) is 10.4 Å². The summed E-state index contributed by atoms with van der Waals surface area (Å²) in [5, 5.41) is 11.2. The number of hydrogen-bond acceptors (Lipinski definition) is 1. The van der Waals surface area contributed by atoms with Crippen LogP contribution in [0.25, 0.3) is 22.3 Å². The summed E-state index contributed by atoms with van der Waals surface area (Å²) in [5.41, 5.74) is 5.44. The molecule has 0 amide bonds. The maximum absolute atomic E-state index is 10.2. The summed E-state index contributed by atoms with van der Waals surface area (Å²) in [4.78, 5) is 10.2. The Bertz CT molecular complexity index is 1590. The molecule has 0 unspecified atom stereocenters. The van der Waals surface area contributed by atoms with Gasteiger partial charge >= 0.3 is 5.97 Å². The van der Waals surface area contributed by atoms with Gasteiger partial charge in [0, 0.05) is 0 Å². The Kier molecular flexibility index (Phi) is 14.3. The molecule has 3 heteroatoms. The molecular weight excluding hydrogens is 579 g/mol. The normalized spacial score (nSPS) is 9.57. The van der Waals surface area contributed by atoms with E-state index in [-0.39, 0.29) is 0 Å². The minimum Gasteiger partial charge on any atom is -0.478 e. The van der Waals surface area contributed by atoms with Gasteiger partial charge in [-0.2, -0.15) is 0 Å². The van der Waals surface area contributed by atoms with Gasteiger partial charge in [0.15, 0.2) is 0 Å². The second-order valence-corrected chi connectivity index (χ2v) is 11.4. The van der Waals surface area contributed by atoms with E-state index in [1.807, 2.05) is 24.3 Å². The third-order valence-electron chi connectivity index (χ3n) is 6.62. The molecule has 0 bridgehead atoms. The molecule has 0 saturated carbocycles. The highest BCUT2D eigenvalue weighted by atomic mass is 31.1. The van der Waals surface area contributed by atoms with E-state index in [0.717, 1.165) is 8.58 Å². The molecule has 0 radical (unpaired) electrons. The van der Waals surface area contributed by atoms with Crippen LogP contribution >= 0.6 is 8.58 Å². The average Bonchev–Trinajstić information content (AvgIpc) is 3.15. The third-order valence-corrected chi connectivity index (χ3v) is 7.86. The molecule has 0 aliphatic carbocycles. The van der Waals surface area contributed by atoms with Crippen LogP contribution in [-0.2, 0) is 0 Å². The van der Waals surface area contributed by atoms with Gasteiger partial charge in [0.1, 0.15) is 0 Å². The van der Waals surface area contributed by atoms with E-state index >= 15 is 0 Å². The van der Waals surface area contributed by atoms with Gasteiger partial charge in [-0.1, -0.05) is 209 Å². The zero-order valence-corrected chi connectivity index (χ0v) is 26.6. The van der Waals surface area contributed by atoms with Gasteiger partial charge in [0.25, 0.3) is 0 Å². The first kappa shape index (κ1) is 33.3. The molecule has 0 fully saturated rings. The maximum Gasteiger partial charge on any atom is 0.335 e. The molecular formula is C43H37O2P. The first-order chi connectivity index (χ1) is 22.7. The predicted octanol–water partition coefficient (Wildman–Crippen LogP) is 10.4. The molecule has 0 atom stereocenters. The zero-order valence-electron chi connectivity index (χ0n) is 25.6. The topological polar surface area (TPSA) is 37.3 Å². The first-order valence-electron chi connectivity index (χ1n) is 15.1. The molecule has 0 aliphatic rings. The SMILES string of the molecule is O=C(O)c1ccccc1.c1ccc(-c2ccccc2)cc1.c1ccc(-c2ccccc2)cc1.c1ccc(Pc2ccccc2)cc1. The van der Waals surface area contributed by atoms with Crippen molar-refractivity contribution in [2.75, 3.05) is 0 Å². The van der Waals surface area contributed by atoms with Crippen LogP contribution in [0.2, 0.25) is 0 Å². The van der Waals surface area contributed by atoms with Crippen LogP contribution in [0.4, 0.5) is 0 Å². The van der Waals surface area contributed by atoms with Gasteiger partial charge in [0.05, 0.1) is 5.56 Å². The van der Waals surface area contributed by atoms with E-state index in [9.17, 15) is 4.79 Å². The van der Waals surface area contributed by atoms with Crippen molar-refractivity contribution in [1.29, 1.82) is 0 Å². The Morgan fingerprint density at radius 2 is 0.543 bits per heavy atom. The van der Waals surface area contributed by atoms with E-state index < -0.39 is 5.97 Å². The van der Waals surface area contributed by atoms with Crippen LogP contribution in [-0.4, -0.2) is 11.1 Å². The monoisotopic (exact) mass is 616 g/mol. The molecule has 0 heterocycles. The highest BCUT2D eigenvalue weighted by Crippen LogP contribution is 2.18. The summed E-state index contributed by atoms with van der Waals surface area (Å²) in [5.74, 6) is -0.879. The molecule has 2 nitrogen and oxygen atoms in total. The quantitative estimate of drug-likeness (QED) is 0.195. The first-order valence-corrected chi connectivity index (χ1v) is 16.1. The minimum atomic E-state index is -0.879. The average molecular weight is 617 g/mol. The number of carboxylic acid groups (broad SMARTS) is 1. The van der Waals surface area contributed by atoms with E-state index in [0.29, 0.717) is 5.56 Å². The lowest BCUT2D eigenvalue weighted by atomic mass is 10.1. The highest BCUT2D eigenvalue weighted by Gasteiger charge is 1.97. The number of aromatic carboxylic acids is 1. The van der Waals surface area contributed by atoms with Crippen molar-refractivity contribution < 1.29 is 9.90 Å². The fourth-order valence-electron chi connectivity index (χ4n) is 4.31. The number of benzene rings is 7. The molecule has 7 aromatic carbocycles. The van der Waals surface area contributed by atoms with Gasteiger partial charge in [0.2, 0.25) is 0 Å². The van der Waals surface area contributed by atoms with Crippen molar-refractivity contribution in [2.45, 2.75) is 0 Å². The Hall–Kier alpha value is -5.56. The van der Waals surface area contributed by atoms with Gasteiger partial charge < -0.3 is 5.11 Å². The van der Waals surface area contributed by atoms with Crippen LogP contribution in [0, 0.1) is 0 Å². The predicted molar refractivity (Wildman–Crippen MR) is 198 cm³/mol.